The Hall–Kier alpha value is -0.590. The van der Waals surface area contributed by atoms with E-state index in [1.54, 1.807) is 36.2 Å². The molecule has 1 rings (SSSR count). The number of thioether (sulfide) groups is 1. The van der Waals surface area contributed by atoms with Gasteiger partial charge in [-0.25, -0.2) is 4.98 Å². The van der Waals surface area contributed by atoms with Gasteiger partial charge in [0.1, 0.15) is 9.88 Å². The Kier molecular flexibility index (Phi) is 5.24. The van der Waals surface area contributed by atoms with Gasteiger partial charge < -0.3 is 10.5 Å². The van der Waals surface area contributed by atoms with E-state index in [1.165, 1.54) is 7.11 Å². The van der Waals surface area contributed by atoms with Crippen LogP contribution in [0.2, 0.25) is 0 Å². The lowest BCUT2D eigenvalue weighted by Crippen LogP contribution is -2.45. The average Bonchev–Trinajstić information content (AvgIpc) is 2.76. The summed E-state index contributed by atoms with van der Waals surface area (Å²) in [6.07, 6.45) is 3.28. The maximum absolute atomic E-state index is 11.3. The van der Waals surface area contributed by atoms with E-state index in [-0.39, 0.29) is 5.97 Å². The van der Waals surface area contributed by atoms with Crippen molar-refractivity contribution in [3.05, 3.63) is 11.6 Å². The summed E-state index contributed by atoms with van der Waals surface area (Å²) in [5.41, 5.74) is 4.96. The standard InChI is InChI=1S/C10H16N2O2S2/c1-10(11,8(13)14-2)4-3-6-15-9-12-5-7-16-9/h5,7H,3-4,6,11H2,1-2H3. The number of aromatic nitrogens is 1. The summed E-state index contributed by atoms with van der Waals surface area (Å²) in [5, 5.41) is 1.95. The summed E-state index contributed by atoms with van der Waals surface area (Å²) in [4.78, 5) is 15.5. The van der Waals surface area contributed by atoms with Crippen LogP contribution in [0.25, 0.3) is 0 Å². The first-order chi connectivity index (χ1) is 7.56. The van der Waals surface area contributed by atoms with Crippen LogP contribution in [0, 0.1) is 0 Å². The minimum atomic E-state index is -0.877. The van der Waals surface area contributed by atoms with Crippen LogP contribution in [0.4, 0.5) is 0 Å². The SMILES string of the molecule is COC(=O)C(C)(N)CCCSc1nccs1. The van der Waals surface area contributed by atoms with Crippen LogP contribution in [0.3, 0.4) is 0 Å². The highest BCUT2D eigenvalue weighted by Gasteiger charge is 2.28. The Labute approximate surface area is 104 Å². The Bertz CT molecular complexity index is 326. The molecule has 6 heteroatoms. The normalized spacial score (nSPS) is 14.4. The second-order valence-electron chi connectivity index (χ2n) is 3.66. The zero-order chi connectivity index (χ0) is 12.0. The topological polar surface area (TPSA) is 65.2 Å². The van der Waals surface area contributed by atoms with Gasteiger partial charge in [-0.2, -0.15) is 0 Å². The highest BCUT2D eigenvalue weighted by Crippen LogP contribution is 2.22. The first kappa shape index (κ1) is 13.5. The molecule has 1 atom stereocenters. The molecule has 1 aromatic rings. The van der Waals surface area contributed by atoms with Crippen molar-refractivity contribution in [2.75, 3.05) is 12.9 Å². The third-order valence-electron chi connectivity index (χ3n) is 2.13. The van der Waals surface area contributed by atoms with Crippen molar-refractivity contribution in [1.29, 1.82) is 0 Å². The summed E-state index contributed by atoms with van der Waals surface area (Å²) in [6.45, 7) is 1.70. The number of esters is 1. The van der Waals surface area contributed by atoms with Crippen molar-refractivity contribution in [3.8, 4) is 0 Å². The molecule has 2 N–H and O–H groups in total. The molecule has 1 aromatic heterocycles. The molecule has 0 radical (unpaired) electrons. The lowest BCUT2D eigenvalue weighted by molar-refractivity contribution is -0.146. The van der Waals surface area contributed by atoms with Gasteiger partial charge in [-0.1, -0.05) is 11.8 Å². The fourth-order valence-electron chi connectivity index (χ4n) is 1.22. The first-order valence-electron chi connectivity index (χ1n) is 4.96. The van der Waals surface area contributed by atoms with E-state index in [0.717, 1.165) is 16.5 Å². The maximum atomic E-state index is 11.3. The van der Waals surface area contributed by atoms with Gasteiger partial charge in [0.2, 0.25) is 0 Å². The van der Waals surface area contributed by atoms with Gasteiger partial charge in [-0.3, -0.25) is 4.79 Å². The molecule has 0 aliphatic heterocycles. The van der Waals surface area contributed by atoms with Gasteiger partial charge in [-0.05, 0) is 19.8 Å². The van der Waals surface area contributed by atoms with Gasteiger partial charge >= 0.3 is 5.97 Å². The van der Waals surface area contributed by atoms with E-state index in [1.807, 2.05) is 5.38 Å². The molecule has 0 spiro atoms. The number of nitrogens with two attached hydrogens (primary N) is 1. The summed E-state index contributed by atoms with van der Waals surface area (Å²) in [7, 11) is 1.36. The number of ether oxygens (including phenoxy) is 1. The van der Waals surface area contributed by atoms with E-state index in [9.17, 15) is 4.79 Å². The fourth-order valence-corrected chi connectivity index (χ4v) is 2.86. The molecule has 0 aliphatic rings. The van der Waals surface area contributed by atoms with Gasteiger partial charge in [-0.15, -0.1) is 11.3 Å². The highest BCUT2D eigenvalue weighted by molar-refractivity contribution is 8.00. The summed E-state index contributed by atoms with van der Waals surface area (Å²) in [5.74, 6) is 0.559. The summed E-state index contributed by atoms with van der Waals surface area (Å²) < 4.78 is 5.69. The Balaban J connectivity index is 2.22. The Morgan fingerprint density at radius 3 is 3.06 bits per heavy atom. The first-order valence-corrected chi connectivity index (χ1v) is 6.82. The van der Waals surface area contributed by atoms with Crippen LogP contribution in [0.15, 0.2) is 15.9 Å². The van der Waals surface area contributed by atoms with E-state index < -0.39 is 5.54 Å². The molecule has 90 valence electrons. The molecule has 0 aromatic carbocycles. The van der Waals surface area contributed by atoms with Gasteiger partial charge in [0.15, 0.2) is 0 Å². The second-order valence-corrected chi connectivity index (χ2v) is 5.90. The molecule has 0 amide bonds. The van der Waals surface area contributed by atoms with Crippen LogP contribution in [-0.2, 0) is 9.53 Å². The average molecular weight is 260 g/mol. The number of rotatable bonds is 6. The molecule has 0 saturated heterocycles. The number of carbonyl (C=O) groups excluding carboxylic acids is 1. The molecule has 0 saturated carbocycles. The van der Waals surface area contributed by atoms with Crippen LogP contribution in [0.1, 0.15) is 19.8 Å². The highest BCUT2D eigenvalue weighted by atomic mass is 32.2. The maximum Gasteiger partial charge on any atom is 0.325 e. The molecule has 1 unspecified atom stereocenters. The van der Waals surface area contributed by atoms with Crippen molar-refractivity contribution in [2.24, 2.45) is 5.73 Å². The van der Waals surface area contributed by atoms with E-state index >= 15 is 0 Å². The smallest absolute Gasteiger partial charge is 0.325 e. The zero-order valence-corrected chi connectivity index (χ0v) is 11.1. The van der Waals surface area contributed by atoms with E-state index in [4.69, 9.17) is 5.73 Å². The number of carbonyl (C=O) groups is 1. The van der Waals surface area contributed by atoms with Crippen LogP contribution in [0.5, 0.6) is 0 Å². The van der Waals surface area contributed by atoms with Crippen LogP contribution < -0.4 is 5.73 Å². The van der Waals surface area contributed by atoms with Crippen LogP contribution in [-0.4, -0.2) is 29.4 Å². The van der Waals surface area contributed by atoms with E-state index in [0.29, 0.717) is 6.42 Å². The molecule has 0 bridgehead atoms. The van der Waals surface area contributed by atoms with Crippen LogP contribution >= 0.6 is 23.1 Å². The Morgan fingerprint density at radius 1 is 1.75 bits per heavy atom. The summed E-state index contributed by atoms with van der Waals surface area (Å²) in [6, 6.07) is 0. The quantitative estimate of drug-likeness (QED) is 0.481. The predicted octanol–water partition coefficient (Wildman–Crippen LogP) is 1.91. The molecule has 4 nitrogen and oxygen atoms in total. The Morgan fingerprint density at radius 2 is 2.50 bits per heavy atom. The lowest BCUT2D eigenvalue weighted by Gasteiger charge is -2.20. The number of nitrogens with zero attached hydrogens (tertiary/aromatic N) is 1. The van der Waals surface area contributed by atoms with Gasteiger partial charge in [0, 0.05) is 17.3 Å². The molecule has 16 heavy (non-hydrogen) atoms. The largest absolute Gasteiger partial charge is 0.468 e. The molecule has 1 heterocycles. The van der Waals surface area contributed by atoms with Crippen molar-refractivity contribution < 1.29 is 9.53 Å². The second kappa shape index (κ2) is 6.22. The number of thiazole rings is 1. The molecule has 0 fully saturated rings. The van der Waals surface area contributed by atoms with Crippen molar-refractivity contribution >= 4 is 29.1 Å². The van der Waals surface area contributed by atoms with Crippen molar-refractivity contribution in [3.63, 3.8) is 0 Å². The number of methoxy groups -OCH3 is 1. The molecular formula is C10H16N2O2S2. The van der Waals surface area contributed by atoms with Gasteiger partial charge in [0.25, 0.3) is 0 Å². The third kappa shape index (κ3) is 4.11. The minimum Gasteiger partial charge on any atom is -0.468 e. The molecular weight excluding hydrogens is 244 g/mol. The summed E-state index contributed by atoms with van der Waals surface area (Å²) >= 11 is 3.31. The lowest BCUT2D eigenvalue weighted by atomic mass is 9.98. The van der Waals surface area contributed by atoms with Crippen molar-refractivity contribution in [1.82, 2.24) is 4.98 Å². The van der Waals surface area contributed by atoms with E-state index in [2.05, 4.69) is 9.72 Å². The fraction of sp³-hybridized carbons (Fsp3) is 0.600. The third-order valence-corrected chi connectivity index (χ3v) is 4.18. The zero-order valence-electron chi connectivity index (χ0n) is 9.43. The number of hydrogen-bond acceptors (Lipinski definition) is 6. The molecule has 0 aliphatic carbocycles. The van der Waals surface area contributed by atoms with Gasteiger partial charge in [0.05, 0.1) is 7.11 Å². The monoisotopic (exact) mass is 260 g/mol. The van der Waals surface area contributed by atoms with Crippen molar-refractivity contribution in [2.45, 2.75) is 29.6 Å². The minimum absolute atomic E-state index is 0.355. The number of hydrogen-bond donors (Lipinski definition) is 1. The predicted molar refractivity (Wildman–Crippen MR) is 66.7 cm³/mol.